The van der Waals surface area contributed by atoms with E-state index in [1.54, 1.807) is 60.8 Å². The molecule has 0 radical (unpaired) electrons. The molecule has 0 saturated carbocycles. The average molecular weight is 557 g/mol. The summed E-state index contributed by atoms with van der Waals surface area (Å²) in [4.78, 5) is 21.0. The van der Waals surface area contributed by atoms with Crippen LogP contribution in [0, 0.1) is 0 Å². The van der Waals surface area contributed by atoms with Crippen molar-refractivity contribution in [1.82, 2.24) is 9.97 Å². The van der Waals surface area contributed by atoms with Crippen molar-refractivity contribution in [3.8, 4) is 5.75 Å². The van der Waals surface area contributed by atoms with Crippen molar-refractivity contribution in [3.63, 3.8) is 0 Å². The van der Waals surface area contributed by atoms with Crippen LogP contribution < -0.4 is 20.1 Å². The number of carbonyl (C=O) groups excluding carboxylic acids is 1. The molecule has 202 valence electrons. The predicted molar refractivity (Wildman–Crippen MR) is 140 cm³/mol. The Morgan fingerprint density at radius 2 is 1.51 bits per heavy atom. The Labute approximate surface area is 223 Å². The van der Waals surface area contributed by atoms with Gasteiger partial charge in [-0.3, -0.25) is 9.00 Å². The van der Waals surface area contributed by atoms with E-state index in [1.807, 2.05) is 0 Å². The van der Waals surface area contributed by atoms with Crippen LogP contribution >= 0.6 is 0 Å². The molecule has 0 amide bonds. The molecule has 1 atom stereocenters. The van der Waals surface area contributed by atoms with Gasteiger partial charge in [0, 0.05) is 47.4 Å². The second-order valence-electron chi connectivity index (χ2n) is 8.21. The largest absolute Gasteiger partial charge is 0.755 e. The van der Waals surface area contributed by atoms with Gasteiger partial charge in [0.2, 0.25) is 5.95 Å². The lowest BCUT2D eigenvalue weighted by Gasteiger charge is -2.11. The minimum Gasteiger partial charge on any atom is -0.755 e. The highest BCUT2D eigenvalue weighted by Gasteiger charge is 2.30. The van der Waals surface area contributed by atoms with Gasteiger partial charge in [0.25, 0.3) is 0 Å². The Kier molecular flexibility index (Phi) is 8.74. The third-order valence-electron chi connectivity index (χ3n) is 5.16. The zero-order valence-electron chi connectivity index (χ0n) is 20.1. The highest BCUT2D eigenvalue weighted by molar-refractivity contribution is 7.80. The molecule has 4 aromatic rings. The summed E-state index contributed by atoms with van der Waals surface area (Å²) < 4.78 is 64.6. The highest BCUT2D eigenvalue weighted by atomic mass is 32.2. The molecule has 39 heavy (non-hydrogen) atoms. The monoisotopic (exact) mass is 556 g/mol. The summed E-state index contributed by atoms with van der Waals surface area (Å²) in [7, 11) is 0. The van der Waals surface area contributed by atoms with Crippen molar-refractivity contribution < 1.29 is 31.5 Å². The summed E-state index contributed by atoms with van der Waals surface area (Å²) in [5.74, 6) is 0.367. The van der Waals surface area contributed by atoms with E-state index in [4.69, 9.17) is 0 Å². The lowest BCUT2D eigenvalue weighted by atomic mass is 10.0. The number of hydrogen-bond acceptors (Lipinski definition) is 8. The number of ether oxygens (including phenoxy) is 1. The first-order chi connectivity index (χ1) is 18.6. The van der Waals surface area contributed by atoms with E-state index in [2.05, 4.69) is 30.1 Å². The van der Waals surface area contributed by atoms with E-state index in [-0.39, 0.29) is 24.4 Å². The Morgan fingerprint density at radius 3 is 2.15 bits per heavy atom. The van der Waals surface area contributed by atoms with E-state index < -0.39 is 17.6 Å². The van der Waals surface area contributed by atoms with Crippen LogP contribution in [0.25, 0.3) is 0 Å². The fourth-order valence-electron chi connectivity index (χ4n) is 3.55. The molecule has 0 aliphatic heterocycles. The lowest BCUT2D eigenvalue weighted by Crippen LogP contribution is -2.17. The zero-order valence-corrected chi connectivity index (χ0v) is 20.9. The summed E-state index contributed by atoms with van der Waals surface area (Å²) in [6, 6.07) is 20.7. The summed E-state index contributed by atoms with van der Waals surface area (Å²) in [6.07, 6.45) is -2.96. The van der Waals surface area contributed by atoms with Gasteiger partial charge in [-0.1, -0.05) is 30.3 Å². The van der Waals surface area contributed by atoms with Gasteiger partial charge in [0.15, 0.2) is 0 Å². The molecule has 4 rings (SSSR count). The third-order valence-corrected chi connectivity index (χ3v) is 5.56. The number of anilines is 5. The van der Waals surface area contributed by atoms with Gasteiger partial charge in [-0.2, -0.15) is 4.98 Å². The van der Waals surface area contributed by atoms with E-state index in [0.29, 0.717) is 28.7 Å². The number of aromatic nitrogens is 2. The zero-order chi connectivity index (χ0) is 27.8. The Morgan fingerprint density at radius 1 is 0.872 bits per heavy atom. The molecule has 13 heteroatoms. The molecule has 1 heterocycles. The number of benzene rings is 3. The van der Waals surface area contributed by atoms with Crippen molar-refractivity contribution in [1.29, 1.82) is 0 Å². The van der Waals surface area contributed by atoms with Crippen LogP contribution in [0.3, 0.4) is 0 Å². The maximum Gasteiger partial charge on any atom is 0.573 e. The van der Waals surface area contributed by atoms with Crippen LogP contribution in [-0.4, -0.2) is 30.9 Å². The molecule has 1 aromatic heterocycles. The van der Waals surface area contributed by atoms with Gasteiger partial charge in [-0.25, -0.2) is 4.98 Å². The molecule has 0 aliphatic carbocycles. The van der Waals surface area contributed by atoms with Gasteiger partial charge in [-0.15, -0.1) is 13.2 Å². The standard InChI is InChI=1S/C26H22F3N5O4S/c27-26(28,29)38-23-10-6-18(7-11-23)15-22(35)14-17-4-8-19(9-5-17)31-24-12-13-30-25(33-24)32-20-2-1-3-21(16-20)34-39(36)37/h1-13,16,34H,14-15H2,(H,36,37)(H2,30,31,32,33)/p-1. The van der Waals surface area contributed by atoms with E-state index >= 15 is 0 Å². The van der Waals surface area contributed by atoms with Crippen LogP contribution in [0.1, 0.15) is 11.1 Å². The minimum atomic E-state index is -4.76. The van der Waals surface area contributed by atoms with E-state index in [0.717, 1.165) is 11.3 Å². The van der Waals surface area contributed by atoms with Crippen LogP contribution in [-0.2, 0) is 28.9 Å². The SMILES string of the molecule is O=C(Cc1ccc(Nc2ccnc(Nc3cccc(NS(=O)[O-])c3)n2)cc1)Cc1ccc(OC(F)(F)F)cc1. The number of carbonyl (C=O) groups is 1. The molecule has 3 aromatic carbocycles. The number of alkyl halides is 3. The smallest absolute Gasteiger partial charge is 0.573 e. The Bertz CT molecular complexity index is 1450. The molecule has 0 fully saturated rings. The van der Waals surface area contributed by atoms with Crippen molar-refractivity contribution in [2.75, 3.05) is 15.4 Å². The highest BCUT2D eigenvalue weighted by Crippen LogP contribution is 2.24. The number of nitrogens with zero attached hydrogens (tertiary/aromatic N) is 2. The van der Waals surface area contributed by atoms with Crippen molar-refractivity contribution >= 4 is 45.9 Å². The maximum atomic E-state index is 12.4. The number of nitrogens with one attached hydrogen (secondary N) is 3. The molecule has 9 nitrogen and oxygen atoms in total. The van der Waals surface area contributed by atoms with E-state index in [9.17, 15) is 26.7 Å². The number of rotatable bonds is 11. The lowest BCUT2D eigenvalue weighted by molar-refractivity contribution is -0.274. The summed E-state index contributed by atoms with van der Waals surface area (Å²) in [5, 5.41) is 6.16. The van der Waals surface area contributed by atoms with Gasteiger partial charge in [0.1, 0.15) is 17.4 Å². The summed E-state index contributed by atoms with van der Waals surface area (Å²) >= 11 is -2.44. The van der Waals surface area contributed by atoms with Crippen molar-refractivity contribution in [2.45, 2.75) is 19.2 Å². The quantitative estimate of drug-likeness (QED) is 0.209. The second-order valence-corrected chi connectivity index (χ2v) is 8.89. The fraction of sp³-hybridized carbons (Fsp3) is 0.115. The molecule has 0 bridgehead atoms. The molecule has 0 saturated heterocycles. The summed E-state index contributed by atoms with van der Waals surface area (Å²) in [6.45, 7) is 0. The number of Topliss-reactive ketones (excluding diaryl/α,β-unsaturated/α-hetero) is 1. The molecule has 0 aliphatic rings. The Balaban J connectivity index is 1.31. The topological polar surface area (TPSA) is 128 Å². The maximum absolute atomic E-state index is 12.4. The van der Waals surface area contributed by atoms with E-state index in [1.165, 1.54) is 24.3 Å². The number of hydrogen-bond donors (Lipinski definition) is 3. The average Bonchev–Trinajstić information content (AvgIpc) is 2.86. The van der Waals surface area contributed by atoms with Crippen molar-refractivity contribution in [3.05, 3.63) is 96.2 Å². The van der Waals surface area contributed by atoms with Gasteiger partial charge in [0.05, 0.1) is 0 Å². The molecule has 0 spiro atoms. The second kappa shape index (κ2) is 12.4. The third kappa shape index (κ3) is 9.09. The molecule has 1 unspecified atom stereocenters. The first kappa shape index (κ1) is 27.5. The fourth-order valence-corrected chi connectivity index (χ4v) is 3.87. The minimum absolute atomic E-state index is 0.0801. The summed E-state index contributed by atoms with van der Waals surface area (Å²) in [5.41, 5.74) is 3.06. The molecular weight excluding hydrogens is 535 g/mol. The first-order valence-corrected chi connectivity index (χ1v) is 12.5. The van der Waals surface area contributed by atoms with Crippen LogP contribution in [0.15, 0.2) is 85.1 Å². The number of halogens is 3. The van der Waals surface area contributed by atoms with Crippen LogP contribution in [0.5, 0.6) is 5.75 Å². The van der Waals surface area contributed by atoms with Crippen molar-refractivity contribution in [2.24, 2.45) is 0 Å². The Hall–Kier alpha value is -4.49. The normalized spacial score (nSPS) is 11.9. The van der Waals surface area contributed by atoms with Crippen LogP contribution in [0.2, 0.25) is 0 Å². The first-order valence-electron chi connectivity index (χ1n) is 11.4. The van der Waals surface area contributed by atoms with Crippen LogP contribution in [0.4, 0.5) is 42.0 Å². The number of ketones is 1. The molecular formula is C26H21F3N5O4S-. The van der Waals surface area contributed by atoms with Gasteiger partial charge < -0.3 is 24.6 Å². The van der Waals surface area contributed by atoms with Gasteiger partial charge >= 0.3 is 6.36 Å². The molecule has 3 N–H and O–H groups in total. The van der Waals surface area contributed by atoms with Gasteiger partial charge in [-0.05, 0) is 59.7 Å². The predicted octanol–water partition coefficient (Wildman–Crippen LogP) is 5.42.